The second-order valence-corrected chi connectivity index (χ2v) is 7.91. The molecule has 4 rings (SSSR count). The van der Waals surface area contributed by atoms with Crippen molar-refractivity contribution in [1.82, 2.24) is 9.88 Å². The zero-order valence-electron chi connectivity index (χ0n) is 16.7. The van der Waals surface area contributed by atoms with Crippen molar-refractivity contribution in [2.24, 2.45) is 0 Å². The van der Waals surface area contributed by atoms with E-state index in [1.54, 1.807) is 6.07 Å². The van der Waals surface area contributed by atoms with Gasteiger partial charge in [-0.25, -0.2) is 13.8 Å². The minimum absolute atomic E-state index is 0.489. The van der Waals surface area contributed by atoms with Crippen molar-refractivity contribution in [2.45, 2.75) is 45.4 Å². The molecular weight excluding hydrogens is 356 g/mol. The van der Waals surface area contributed by atoms with E-state index in [0.717, 1.165) is 87.1 Å². The number of benzene rings is 1. The standard InChI is InChI=1S/C23H29F2N3/c1-2-27-11-13-28(14-12-27)23-16-20(18-10-9-17(24)15-21(18)25)19-7-5-3-4-6-8-22(19)26-23/h9-10,15-16H,2-8,11-14H2,1H3. The van der Waals surface area contributed by atoms with Crippen molar-refractivity contribution in [3.63, 3.8) is 0 Å². The lowest BCUT2D eigenvalue weighted by atomic mass is 9.90. The minimum atomic E-state index is -0.533. The smallest absolute Gasteiger partial charge is 0.133 e. The van der Waals surface area contributed by atoms with Crippen LogP contribution < -0.4 is 4.90 Å². The minimum Gasteiger partial charge on any atom is -0.354 e. The summed E-state index contributed by atoms with van der Waals surface area (Å²) in [6, 6.07) is 5.97. The summed E-state index contributed by atoms with van der Waals surface area (Å²) in [5.74, 6) is -0.0832. The molecule has 5 heteroatoms. The molecule has 2 aromatic rings. The van der Waals surface area contributed by atoms with Crippen LogP contribution in [0, 0.1) is 11.6 Å². The summed E-state index contributed by atoms with van der Waals surface area (Å²) in [7, 11) is 0. The molecule has 1 aliphatic heterocycles. The highest BCUT2D eigenvalue weighted by molar-refractivity contribution is 5.72. The molecule has 0 amide bonds. The third-order valence-electron chi connectivity index (χ3n) is 6.15. The molecule has 0 spiro atoms. The summed E-state index contributed by atoms with van der Waals surface area (Å²) in [5, 5.41) is 0. The monoisotopic (exact) mass is 385 g/mol. The van der Waals surface area contributed by atoms with Gasteiger partial charge < -0.3 is 9.80 Å². The highest BCUT2D eigenvalue weighted by Gasteiger charge is 2.22. The molecule has 1 aromatic carbocycles. The van der Waals surface area contributed by atoms with Gasteiger partial charge in [0.1, 0.15) is 17.5 Å². The van der Waals surface area contributed by atoms with Crippen LogP contribution in [0.4, 0.5) is 14.6 Å². The number of aryl methyl sites for hydroxylation is 1. The summed E-state index contributed by atoms with van der Waals surface area (Å²) < 4.78 is 28.2. The molecule has 1 aliphatic carbocycles. The van der Waals surface area contributed by atoms with Crippen molar-refractivity contribution in [3.05, 3.63) is 47.2 Å². The molecule has 28 heavy (non-hydrogen) atoms. The molecule has 1 fully saturated rings. The van der Waals surface area contributed by atoms with E-state index in [1.807, 2.05) is 6.07 Å². The number of fused-ring (bicyclic) bond motifs is 1. The normalized spacial score (nSPS) is 18.5. The quantitative estimate of drug-likeness (QED) is 0.755. The second kappa shape index (κ2) is 8.56. The maximum absolute atomic E-state index is 14.7. The van der Waals surface area contributed by atoms with Gasteiger partial charge in [0.15, 0.2) is 0 Å². The first-order valence-corrected chi connectivity index (χ1v) is 10.6. The lowest BCUT2D eigenvalue weighted by Gasteiger charge is -2.35. The van der Waals surface area contributed by atoms with Crippen LogP contribution in [0.25, 0.3) is 11.1 Å². The van der Waals surface area contributed by atoms with E-state index in [2.05, 4.69) is 16.7 Å². The summed E-state index contributed by atoms with van der Waals surface area (Å²) in [6.07, 6.45) is 6.50. The fraction of sp³-hybridized carbons (Fsp3) is 0.522. The third-order valence-corrected chi connectivity index (χ3v) is 6.15. The molecule has 2 heterocycles. The molecule has 1 saturated heterocycles. The van der Waals surface area contributed by atoms with E-state index < -0.39 is 11.6 Å². The van der Waals surface area contributed by atoms with Gasteiger partial charge in [0, 0.05) is 43.5 Å². The SMILES string of the molecule is CCN1CCN(c2cc(-c3ccc(F)cc3F)c3c(n2)CCCCCC3)CC1. The lowest BCUT2D eigenvalue weighted by Crippen LogP contribution is -2.46. The van der Waals surface area contributed by atoms with Gasteiger partial charge in [0.25, 0.3) is 0 Å². The predicted molar refractivity (Wildman–Crippen MR) is 110 cm³/mol. The molecule has 150 valence electrons. The van der Waals surface area contributed by atoms with Crippen LogP contribution in [0.2, 0.25) is 0 Å². The topological polar surface area (TPSA) is 19.4 Å². The number of hydrogen-bond acceptors (Lipinski definition) is 3. The molecule has 1 aromatic heterocycles. The maximum Gasteiger partial charge on any atom is 0.133 e. The first kappa shape index (κ1) is 19.3. The Kier molecular flexibility index (Phi) is 5.90. The Morgan fingerprint density at radius 1 is 0.893 bits per heavy atom. The first-order valence-electron chi connectivity index (χ1n) is 10.6. The van der Waals surface area contributed by atoms with Crippen LogP contribution >= 0.6 is 0 Å². The Morgan fingerprint density at radius 3 is 2.36 bits per heavy atom. The zero-order chi connectivity index (χ0) is 19.5. The Balaban J connectivity index is 1.77. The van der Waals surface area contributed by atoms with Crippen molar-refractivity contribution in [2.75, 3.05) is 37.6 Å². The maximum atomic E-state index is 14.7. The van der Waals surface area contributed by atoms with Crippen LogP contribution in [-0.2, 0) is 12.8 Å². The molecule has 3 nitrogen and oxygen atoms in total. The van der Waals surface area contributed by atoms with E-state index in [1.165, 1.54) is 18.9 Å². The van der Waals surface area contributed by atoms with Crippen LogP contribution in [0.15, 0.2) is 24.3 Å². The zero-order valence-corrected chi connectivity index (χ0v) is 16.7. The van der Waals surface area contributed by atoms with Gasteiger partial charge in [-0.2, -0.15) is 0 Å². The summed E-state index contributed by atoms with van der Waals surface area (Å²) in [4.78, 5) is 9.78. The number of likely N-dealkylation sites (N-methyl/N-ethyl adjacent to an activating group) is 1. The Hall–Kier alpha value is -2.01. The average molecular weight is 386 g/mol. The molecular formula is C23H29F2N3. The van der Waals surface area contributed by atoms with Crippen molar-refractivity contribution < 1.29 is 8.78 Å². The van der Waals surface area contributed by atoms with E-state index in [-0.39, 0.29) is 0 Å². The van der Waals surface area contributed by atoms with Crippen molar-refractivity contribution in [3.8, 4) is 11.1 Å². The fourth-order valence-corrected chi connectivity index (χ4v) is 4.45. The molecule has 2 aliphatic rings. The van der Waals surface area contributed by atoms with E-state index in [4.69, 9.17) is 4.98 Å². The second-order valence-electron chi connectivity index (χ2n) is 7.91. The van der Waals surface area contributed by atoms with Gasteiger partial charge in [-0.15, -0.1) is 0 Å². The van der Waals surface area contributed by atoms with Crippen LogP contribution in [0.1, 0.15) is 43.9 Å². The molecule has 0 unspecified atom stereocenters. The van der Waals surface area contributed by atoms with Gasteiger partial charge in [-0.1, -0.05) is 19.8 Å². The van der Waals surface area contributed by atoms with Gasteiger partial charge >= 0.3 is 0 Å². The number of halogens is 2. The molecule has 0 bridgehead atoms. The number of rotatable bonds is 3. The molecule has 0 N–H and O–H groups in total. The summed E-state index contributed by atoms with van der Waals surface area (Å²) >= 11 is 0. The van der Waals surface area contributed by atoms with Crippen molar-refractivity contribution >= 4 is 5.82 Å². The largest absolute Gasteiger partial charge is 0.354 e. The average Bonchev–Trinajstić information content (AvgIpc) is 2.68. The van der Waals surface area contributed by atoms with Crippen molar-refractivity contribution in [1.29, 1.82) is 0 Å². The van der Waals surface area contributed by atoms with Gasteiger partial charge in [-0.3, -0.25) is 0 Å². The van der Waals surface area contributed by atoms with Gasteiger partial charge in [-0.05, 0) is 61.6 Å². The Bertz CT molecular complexity index is 829. The number of anilines is 1. The number of hydrogen-bond donors (Lipinski definition) is 0. The number of pyridine rings is 1. The highest BCUT2D eigenvalue weighted by Crippen LogP contribution is 2.34. The molecule has 0 saturated carbocycles. The van der Waals surface area contributed by atoms with E-state index >= 15 is 0 Å². The number of aromatic nitrogens is 1. The van der Waals surface area contributed by atoms with E-state index in [0.29, 0.717) is 5.56 Å². The summed E-state index contributed by atoms with van der Waals surface area (Å²) in [6.45, 7) is 7.17. The lowest BCUT2D eigenvalue weighted by molar-refractivity contribution is 0.270. The predicted octanol–water partition coefficient (Wildman–Crippen LogP) is 4.83. The van der Waals surface area contributed by atoms with Gasteiger partial charge in [0.2, 0.25) is 0 Å². The van der Waals surface area contributed by atoms with Crippen LogP contribution in [0.5, 0.6) is 0 Å². The Labute approximate surface area is 166 Å². The van der Waals surface area contributed by atoms with Crippen LogP contribution in [-0.4, -0.2) is 42.6 Å². The molecule has 0 atom stereocenters. The number of nitrogens with zero attached hydrogens (tertiary/aromatic N) is 3. The fourth-order valence-electron chi connectivity index (χ4n) is 4.45. The Morgan fingerprint density at radius 2 is 1.64 bits per heavy atom. The van der Waals surface area contributed by atoms with Gasteiger partial charge in [0.05, 0.1) is 0 Å². The highest BCUT2D eigenvalue weighted by atomic mass is 19.1. The molecule has 0 radical (unpaired) electrons. The first-order chi connectivity index (χ1) is 13.7. The third kappa shape index (κ3) is 4.04. The number of piperazine rings is 1. The van der Waals surface area contributed by atoms with E-state index in [9.17, 15) is 8.78 Å². The summed E-state index contributed by atoms with van der Waals surface area (Å²) in [5.41, 5.74) is 3.65. The van der Waals surface area contributed by atoms with Crippen LogP contribution in [0.3, 0.4) is 0 Å².